The molecule has 4 aromatic rings. The Kier molecular flexibility index (Phi) is 9.95. The fourth-order valence-corrected chi connectivity index (χ4v) is 7.94. The van der Waals surface area contributed by atoms with E-state index in [1.807, 2.05) is 36.0 Å². The molecular formula is C37H39ClO4S. The van der Waals surface area contributed by atoms with Gasteiger partial charge in [0.1, 0.15) is 19.3 Å². The predicted octanol–water partition coefficient (Wildman–Crippen LogP) is 9.08. The summed E-state index contributed by atoms with van der Waals surface area (Å²) in [4.78, 5) is 0. The second-order valence-electron chi connectivity index (χ2n) is 11.4. The highest BCUT2D eigenvalue weighted by Crippen LogP contribution is 2.49. The minimum absolute atomic E-state index is 0.0583. The maximum absolute atomic E-state index is 6.84. The van der Waals surface area contributed by atoms with E-state index in [1.165, 1.54) is 11.1 Å². The highest BCUT2D eigenvalue weighted by atomic mass is 35.5. The molecule has 224 valence electrons. The maximum atomic E-state index is 6.84. The highest BCUT2D eigenvalue weighted by molar-refractivity contribution is 8.00. The normalized spacial score (nSPS) is 23.2. The average Bonchev–Trinajstić information content (AvgIpc) is 3.05. The van der Waals surface area contributed by atoms with Crippen molar-refractivity contribution in [1.82, 2.24) is 0 Å². The number of ether oxygens (including phenoxy) is 4. The highest BCUT2D eigenvalue weighted by Gasteiger charge is 2.45. The van der Waals surface area contributed by atoms with Gasteiger partial charge in [-0.2, -0.15) is 0 Å². The zero-order chi connectivity index (χ0) is 29.6. The molecule has 0 spiro atoms. The van der Waals surface area contributed by atoms with Gasteiger partial charge in [0.05, 0.1) is 24.6 Å². The molecule has 6 heteroatoms. The Bertz CT molecular complexity index is 1480. The first-order valence-corrected chi connectivity index (χ1v) is 16.5. The summed E-state index contributed by atoms with van der Waals surface area (Å²) >= 11 is 8.83. The SMILES string of the molecule is CC[C@H]1S[C@@H](c2ccc(Cl)c(Cc3ccc4c(c3)OCCO4)c2)[C@H](OCc2ccccc2)[C@@H](OCc2ccccc2)[C@@H]1C. The van der Waals surface area contributed by atoms with Crippen LogP contribution in [0.4, 0.5) is 0 Å². The first-order valence-electron chi connectivity index (χ1n) is 15.2. The third-order valence-corrected chi connectivity index (χ3v) is 10.7. The summed E-state index contributed by atoms with van der Waals surface area (Å²) in [6, 6.07) is 33.5. The molecule has 2 heterocycles. The van der Waals surface area contributed by atoms with Gasteiger partial charge in [-0.15, -0.1) is 11.8 Å². The molecule has 5 atom stereocenters. The van der Waals surface area contributed by atoms with Crippen LogP contribution in [-0.2, 0) is 29.1 Å². The van der Waals surface area contributed by atoms with Crippen molar-refractivity contribution in [3.8, 4) is 11.5 Å². The Labute approximate surface area is 264 Å². The lowest BCUT2D eigenvalue weighted by molar-refractivity contribution is -0.112. The number of thioether (sulfide) groups is 1. The van der Waals surface area contributed by atoms with Crippen LogP contribution in [0.1, 0.15) is 53.3 Å². The van der Waals surface area contributed by atoms with E-state index in [9.17, 15) is 0 Å². The molecule has 43 heavy (non-hydrogen) atoms. The Morgan fingerprint density at radius 3 is 2.07 bits per heavy atom. The average molecular weight is 615 g/mol. The minimum Gasteiger partial charge on any atom is -0.486 e. The zero-order valence-corrected chi connectivity index (χ0v) is 26.4. The van der Waals surface area contributed by atoms with E-state index in [0.29, 0.717) is 44.0 Å². The van der Waals surface area contributed by atoms with Gasteiger partial charge in [-0.1, -0.05) is 104 Å². The molecule has 0 radical (unpaired) electrons. The lowest BCUT2D eigenvalue weighted by atomic mass is 9.89. The van der Waals surface area contributed by atoms with Crippen molar-refractivity contribution in [1.29, 1.82) is 0 Å². The van der Waals surface area contributed by atoms with Crippen LogP contribution >= 0.6 is 23.4 Å². The molecule has 0 saturated carbocycles. The van der Waals surface area contributed by atoms with Crippen LogP contribution in [-0.4, -0.2) is 30.7 Å². The molecular weight excluding hydrogens is 576 g/mol. The molecule has 0 bridgehead atoms. The van der Waals surface area contributed by atoms with Crippen LogP contribution in [0.3, 0.4) is 0 Å². The van der Waals surface area contributed by atoms with Crippen LogP contribution in [0.25, 0.3) is 0 Å². The second-order valence-corrected chi connectivity index (χ2v) is 13.2. The standard InChI is InChI=1S/C37H39ClO4S/c1-3-34-25(2)35(41-23-26-10-6-4-7-11-26)36(42-24-27-12-8-5-9-13-27)37(43-34)29-15-16-31(38)30(22-29)20-28-14-17-32-33(21-28)40-19-18-39-32/h4-17,21-22,25,34-37H,3,18-20,23-24H2,1-2H3/t25-,34-,35+,36-,37+/m1/s1. The second kappa shape index (κ2) is 14.2. The summed E-state index contributed by atoms with van der Waals surface area (Å²) < 4.78 is 25.2. The van der Waals surface area contributed by atoms with E-state index in [2.05, 4.69) is 86.6 Å². The fourth-order valence-electron chi connectivity index (χ4n) is 6.10. The Morgan fingerprint density at radius 2 is 1.40 bits per heavy atom. The summed E-state index contributed by atoms with van der Waals surface area (Å²) in [5, 5.41) is 1.31. The summed E-state index contributed by atoms with van der Waals surface area (Å²) in [5.74, 6) is 1.93. The van der Waals surface area contributed by atoms with Crippen molar-refractivity contribution in [3.63, 3.8) is 0 Å². The minimum atomic E-state index is -0.130. The zero-order valence-electron chi connectivity index (χ0n) is 24.8. The molecule has 0 N–H and O–H groups in total. The first kappa shape index (κ1) is 30.1. The number of halogens is 1. The molecule has 1 fully saturated rings. The molecule has 0 amide bonds. The Hall–Kier alpha value is -2.96. The number of hydrogen-bond acceptors (Lipinski definition) is 5. The van der Waals surface area contributed by atoms with E-state index >= 15 is 0 Å². The van der Waals surface area contributed by atoms with Crippen molar-refractivity contribution in [2.45, 2.75) is 62.6 Å². The Balaban J connectivity index is 1.30. The molecule has 2 aliphatic heterocycles. The van der Waals surface area contributed by atoms with Gasteiger partial charge in [-0.05, 0) is 64.8 Å². The van der Waals surface area contributed by atoms with E-state index in [-0.39, 0.29) is 17.5 Å². The quantitative estimate of drug-likeness (QED) is 0.178. The summed E-state index contributed by atoms with van der Waals surface area (Å²) in [6.45, 7) is 6.85. The van der Waals surface area contributed by atoms with Crippen LogP contribution in [0.15, 0.2) is 97.1 Å². The molecule has 0 aliphatic carbocycles. The number of rotatable bonds is 10. The molecule has 1 saturated heterocycles. The first-order chi connectivity index (χ1) is 21.1. The van der Waals surface area contributed by atoms with E-state index in [0.717, 1.165) is 39.6 Å². The monoisotopic (exact) mass is 614 g/mol. The van der Waals surface area contributed by atoms with Gasteiger partial charge in [0.2, 0.25) is 0 Å². The van der Waals surface area contributed by atoms with Crippen molar-refractivity contribution in [2.75, 3.05) is 13.2 Å². The molecule has 0 unspecified atom stereocenters. The fraction of sp³-hybridized carbons (Fsp3) is 0.351. The largest absolute Gasteiger partial charge is 0.486 e. The third kappa shape index (κ3) is 7.24. The maximum Gasteiger partial charge on any atom is 0.161 e. The molecule has 4 nitrogen and oxygen atoms in total. The van der Waals surface area contributed by atoms with Crippen LogP contribution < -0.4 is 9.47 Å². The van der Waals surface area contributed by atoms with E-state index < -0.39 is 0 Å². The predicted molar refractivity (Wildman–Crippen MR) is 175 cm³/mol. The van der Waals surface area contributed by atoms with Crippen LogP contribution in [0.2, 0.25) is 5.02 Å². The summed E-state index contributed by atoms with van der Waals surface area (Å²) in [5.41, 5.74) is 5.78. The van der Waals surface area contributed by atoms with E-state index in [4.69, 9.17) is 30.5 Å². The smallest absolute Gasteiger partial charge is 0.161 e. The van der Waals surface area contributed by atoms with Gasteiger partial charge in [0.15, 0.2) is 11.5 Å². The van der Waals surface area contributed by atoms with Crippen molar-refractivity contribution in [2.24, 2.45) is 5.92 Å². The Morgan fingerprint density at radius 1 is 0.744 bits per heavy atom. The van der Waals surface area contributed by atoms with Crippen LogP contribution in [0, 0.1) is 5.92 Å². The van der Waals surface area contributed by atoms with Crippen LogP contribution in [0.5, 0.6) is 11.5 Å². The van der Waals surface area contributed by atoms with Gasteiger partial charge < -0.3 is 18.9 Å². The lowest BCUT2D eigenvalue weighted by Gasteiger charge is -2.45. The van der Waals surface area contributed by atoms with Gasteiger partial charge in [0, 0.05) is 10.3 Å². The number of hydrogen-bond donors (Lipinski definition) is 0. The van der Waals surface area contributed by atoms with Gasteiger partial charge >= 0.3 is 0 Å². The number of benzene rings is 4. The topological polar surface area (TPSA) is 36.9 Å². The summed E-state index contributed by atoms with van der Waals surface area (Å²) in [7, 11) is 0. The molecule has 6 rings (SSSR count). The lowest BCUT2D eigenvalue weighted by Crippen LogP contribution is -2.48. The van der Waals surface area contributed by atoms with Crippen molar-refractivity contribution >= 4 is 23.4 Å². The molecule has 0 aromatic heterocycles. The van der Waals surface area contributed by atoms with Gasteiger partial charge in [-0.25, -0.2) is 0 Å². The van der Waals surface area contributed by atoms with Gasteiger partial charge in [-0.3, -0.25) is 0 Å². The van der Waals surface area contributed by atoms with Crippen molar-refractivity contribution in [3.05, 3.63) is 130 Å². The van der Waals surface area contributed by atoms with Gasteiger partial charge in [0.25, 0.3) is 0 Å². The molecule has 2 aliphatic rings. The number of fused-ring (bicyclic) bond motifs is 1. The van der Waals surface area contributed by atoms with Crippen molar-refractivity contribution < 1.29 is 18.9 Å². The van der Waals surface area contributed by atoms with E-state index in [1.54, 1.807) is 0 Å². The molecule has 4 aromatic carbocycles. The summed E-state index contributed by atoms with van der Waals surface area (Å²) in [6.07, 6.45) is 1.58. The third-order valence-electron chi connectivity index (χ3n) is 8.42.